The van der Waals surface area contributed by atoms with Crippen LogP contribution in [0.2, 0.25) is 0 Å². The molecule has 1 N–H and O–H groups in total. The fourth-order valence-corrected chi connectivity index (χ4v) is 3.76. The van der Waals surface area contributed by atoms with Crippen LogP contribution in [0.1, 0.15) is 52.9 Å². The van der Waals surface area contributed by atoms with Crippen LogP contribution in [0.3, 0.4) is 0 Å². The minimum absolute atomic E-state index is 0.757. The summed E-state index contributed by atoms with van der Waals surface area (Å²) in [5.41, 5.74) is 0. The van der Waals surface area contributed by atoms with Crippen molar-refractivity contribution in [2.24, 2.45) is 11.8 Å². The van der Waals surface area contributed by atoms with Gasteiger partial charge < -0.3 is 5.32 Å². The summed E-state index contributed by atoms with van der Waals surface area (Å²) in [7, 11) is 0. The van der Waals surface area contributed by atoms with Gasteiger partial charge in [0.05, 0.1) is 0 Å². The molecule has 3 unspecified atom stereocenters. The summed E-state index contributed by atoms with van der Waals surface area (Å²) < 4.78 is 0. The van der Waals surface area contributed by atoms with Crippen LogP contribution in [0.25, 0.3) is 0 Å². The Bertz CT molecular complexity index is 221. The average Bonchev–Trinajstić information content (AvgIpc) is 2.83. The Labute approximate surface area is 107 Å². The van der Waals surface area contributed by atoms with Gasteiger partial charge in [0, 0.05) is 12.1 Å². The maximum absolute atomic E-state index is 3.73. The zero-order chi connectivity index (χ0) is 12.3. The minimum atomic E-state index is 0.757. The Hall–Kier alpha value is -0.0800. The summed E-state index contributed by atoms with van der Waals surface area (Å²) in [4.78, 5) is 2.77. The first-order valence-corrected chi connectivity index (χ1v) is 7.69. The lowest BCUT2D eigenvalue weighted by Crippen LogP contribution is -2.52. The van der Waals surface area contributed by atoms with Gasteiger partial charge in [-0.3, -0.25) is 4.90 Å². The molecule has 1 heterocycles. The number of nitrogens with one attached hydrogen (secondary N) is 1. The predicted octanol–water partition coefficient (Wildman–Crippen LogP) is 2.89. The second-order valence-electron chi connectivity index (χ2n) is 6.29. The highest BCUT2D eigenvalue weighted by atomic mass is 15.2. The first-order chi connectivity index (χ1) is 8.22. The van der Waals surface area contributed by atoms with Gasteiger partial charge in [0.1, 0.15) is 0 Å². The van der Waals surface area contributed by atoms with Crippen LogP contribution < -0.4 is 5.32 Å². The topological polar surface area (TPSA) is 15.3 Å². The first-order valence-electron chi connectivity index (χ1n) is 7.69. The van der Waals surface area contributed by atoms with E-state index in [1.165, 1.54) is 45.2 Å². The summed E-state index contributed by atoms with van der Waals surface area (Å²) >= 11 is 0. The van der Waals surface area contributed by atoms with Crippen molar-refractivity contribution in [3.63, 3.8) is 0 Å². The molecule has 0 radical (unpaired) electrons. The van der Waals surface area contributed by atoms with Gasteiger partial charge in [0.25, 0.3) is 0 Å². The molecule has 0 aromatic heterocycles. The van der Waals surface area contributed by atoms with E-state index in [9.17, 15) is 0 Å². The van der Waals surface area contributed by atoms with Crippen molar-refractivity contribution in [1.82, 2.24) is 10.2 Å². The summed E-state index contributed by atoms with van der Waals surface area (Å²) in [6, 6.07) is 1.58. The van der Waals surface area contributed by atoms with Crippen molar-refractivity contribution in [1.29, 1.82) is 0 Å². The Morgan fingerprint density at radius 1 is 1.18 bits per heavy atom. The van der Waals surface area contributed by atoms with Gasteiger partial charge >= 0.3 is 0 Å². The fourth-order valence-electron chi connectivity index (χ4n) is 3.76. The Balaban J connectivity index is 1.98. The maximum Gasteiger partial charge on any atom is 0.0252 e. The lowest BCUT2D eigenvalue weighted by Gasteiger charge is -2.42. The van der Waals surface area contributed by atoms with Crippen LogP contribution >= 0.6 is 0 Å². The quantitative estimate of drug-likeness (QED) is 0.810. The van der Waals surface area contributed by atoms with Crippen LogP contribution in [-0.2, 0) is 0 Å². The van der Waals surface area contributed by atoms with Gasteiger partial charge in [0.15, 0.2) is 0 Å². The summed E-state index contributed by atoms with van der Waals surface area (Å²) in [6.45, 7) is 10.9. The molecule has 1 aliphatic carbocycles. The van der Waals surface area contributed by atoms with E-state index in [1.54, 1.807) is 0 Å². The van der Waals surface area contributed by atoms with Crippen LogP contribution in [0.4, 0.5) is 0 Å². The molecule has 100 valence electrons. The third-order valence-electron chi connectivity index (χ3n) is 4.88. The Kier molecular flexibility index (Phi) is 4.87. The van der Waals surface area contributed by atoms with E-state index in [2.05, 4.69) is 31.0 Å². The highest BCUT2D eigenvalue weighted by Crippen LogP contribution is 2.34. The number of likely N-dealkylation sites (N-methyl/N-ethyl adjacent to an activating group) is 1. The van der Waals surface area contributed by atoms with Crippen LogP contribution in [0.15, 0.2) is 0 Å². The average molecular weight is 238 g/mol. The fraction of sp³-hybridized carbons (Fsp3) is 1.00. The molecule has 0 aromatic rings. The molecular weight excluding hydrogens is 208 g/mol. The molecule has 2 rings (SSSR count). The molecule has 1 saturated carbocycles. The number of nitrogens with zero attached hydrogens (tertiary/aromatic N) is 1. The molecule has 0 aromatic carbocycles. The number of hydrogen-bond acceptors (Lipinski definition) is 2. The number of rotatable bonds is 4. The van der Waals surface area contributed by atoms with Crippen molar-refractivity contribution in [2.45, 2.75) is 65.0 Å². The molecule has 2 fully saturated rings. The zero-order valence-corrected chi connectivity index (χ0v) is 11.9. The lowest BCUT2D eigenvalue weighted by molar-refractivity contribution is 0.102. The summed E-state index contributed by atoms with van der Waals surface area (Å²) in [5, 5.41) is 3.73. The molecule has 2 nitrogen and oxygen atoms in total. The molecule has 1 saturated heterocycles. The summed E-state index contributed by atoms with van der Waals surface area (Å²) in [6.07, 6.45) is 7.08. The third kappa shape index (κ3) is 3.23. The van der Waals surface area contributed by atoms with Crippen LogP contribution in [-0.4, -0.2) is 36.6 Å². The van der Waals surface area contributed by atoms with E-state index < -0.39 is 0 Å². The van der Waals surface area contributed by atoms with Gasteiger partial charge in [0.2, 0.25) is 0 Å². The van der Waals surface area contributed by atoms with Crippen molar-refractivity contribution in [3.8, 4) is 0 Å². The van der Waals surface area contributed by atoms with E-state index >= 15 is 0 Å². The monoisotopic (exact) mass is 238 g/mol. The highest BCUT2D eigenvalue weighted by Gasteiger charge is 2.35. The Morgan fingerprint density at radius 2 is 1.88 bits per heavy atom. The van der Waals surface area contributed by atoms with E-state index in [-0.39, 0.29) is 0 Å². The van der Waals surface area contributed by atoms with Gasteiger partial charge in [-0.2, -0.15) is 0 Å². The second-order valence-corrected chi connectivity index (χ2v) is 6.29. The minimum Gasteiger partial charge on any atom is -0.313 e. The summed E-state index contributed by atoms with van der Waals surface area (Å²) in [5.74, 6) is 1.82. The molecule has 3 atom stereocenters. The number of hydrogen-bond donors (Lipinski definition) is 1. The maximum atomic E-state index is 3.73. The first kappa shape index (κ1) is 13.4. The zero-order valence-electron chi connectivity index (χ0n) is 11.9. The van der Waals surface area contributed by atoms with Gasteiger partial charge in [-0.1, -0.05) is 20.8 Å². The van der Waals surface area contributed by atoms with E-state index in [4.69, 9.17) is 0 Å². The van der Waals surface area contributed by atoms with Crippen molar-refractivity contribution >= 4 is 0 Å². The van der Waals surface area contributed by atoms with Gasteiger partial charge in [-0.25, -0.2) is 0 Å². The van der Waals surface area contributed by atoms with Crippen molar-refractivity contribution < 1.29 is 0 Å². The molecular formula is C15H30N2. The van der Waals surface area contributed by atoms with Crippen molar-refractivity contribution in [3.05, 3.63) is 0 Å². The molecule has 0 spiro atoms. The van der Waals surface area contributed by atoms with Crippen LogP contribution in [0, 0.1) is 11.8 Å². The standard InChI is InChI=1S/C15H30N2/c1-4-16-14-8-7-13(12(2)3)11-15(14)17-9-5-6-10-17/h12-16H,4-11H2,1-3H3. The normalized spacial score (nSPS) is 35.6. The van der Waals surface area contributed by atoms with Crippen LogP contribution in [0.5, 0.6) is 0 Å². The molecule has 1 aliphatic heterocycles. The largest absolute Gasteiger partial charge is 0.313 e. The molecule has 0 amide bonds. The molecule has 2 heteroatoms. The molecule has 2 aliphatic rings. The smallest absolute Gasteiger partial charge is 0.0252 e. The van der Waals surface area contributed by atoms with E-state index in [0.29, 0.717) is 0 Å². The number of likely N-dealkylation sites (tertiary alicyclic amines) is 1. The van der Waals surface area contributed by atoms with E-state index in [0.717, 1.165) is 30.5 Å². The molecule has 0 bridgehead atoms. The SMILES string of the molecule is CCNC1CCC(C(C)C)CC1N1CCCC1. The lowest BCUT2D eigenvalue weighted by atomic mass is 9.76. The van der Waals surface area contributed by atoms with E-state index in [1.807, 2.05) is 0 Å². The van der Waals surface area contributed by atoms with Gasteiger partial charge in [-0.15, -0.1) is 0 Å². The molecule has 17 heavy (non-hydrogen) atoms. The van der Waals surface area contributed by atoms with Gasteiger partial charge in [-0.05, 0) is 63.6 Å². The van der Waals surface area contributed by atoms with Crippen molar-refractivity contribution in [2.75, 3.05) is 19.6 Å². The third-order valence-corrected chi connectivity index (χ3v) is 4.88. The highest BCUT2D eigenvalue weighted by molar-refractivity contribution is 4.93. The Morgan fingerprint density at radius 3 is 2.47 bits per heavy atom. The predicted molar refractivity (Wildman–Crippen MR) is 74.2 cm³/mol. The second kappa shape index (κ2) is 6.19.